The van der Waals surface area contributed by atoms with E-state index < -0.39 is 12.6 Å². The highest BCUT2D eigenvalue weighted by Gasteiger charge is 2.27. The van der Waals surface area contributed by atoms with Gasteiger partial charge in [-0.1, -0.05) is 6.07 Å². The van der Waals surface area contributed by atoms with Gasteiger partial charge in [-0.25, -0.2) is 18.2 Å². The Bertz CT molecular complexity index is 367. The summed E-state index contributed by atoms with van der Waals surface area (Å²) in [5, 5.41) is 3.14. The predicted octanol–water partition coefficient (Wildman–Crippen LogP) is 1.77. The van der Waals surface area contributed by atoms with E-state index >= 15 is 0 Å². The number of aromatic nitrogens is 1. The predicted molar refractivity (Wildman–Crippen MR) is 59.2 cm³/mol. The molecule has 17 heavy (non-hydrogen) atoms. The second kappa shape index (κ2) is 5.35. The summed E-state index contributed by atoms with van der Waals surface area (Å²) in [5.41, 5.74) is -0.0237. The fourth-order valence-corrected chi connectivity index (χ4v) is 1.90. The average Bonchev–Trinajstić information content (AvgIpc) is 2.39. The van der Waals surface area contributed by atoms with Crippen molar-refractivity contribution in [1.82, 2.24) is 10.3 Å². The summed E-state index contributed by atoms with van der Waals surface area (Å²) in [5.74, 6) is 0.335. The lowest BCUT2D eigenvalue weighted by atomic mass is 10.1. The fraction of sp³-hybridized carbons (Fsp3) is 0.545. The molecular formula is C11H14F3N3. The van der Waals surface area contributed by atoms with Gasteiger partial charge in [-0.2, -0.15) is 0 Å². The minimum atomic E-state index is -3.01. The van der Waals surface area contributed by atoms with Crippen molar-refractivity contribution in [2.75, 3.05) is 31.1 Å². The van der Waals surface area contributed by atoms with Crippen molar-refractivity contribution in [3.8, 4) is 0 Å². The van der Waals surface area contributed by atoms with Crippen LogP contribution in [0.1, 0.15) is 11.7 Å². The molecule has 1 saturated heterocycles. The molecule has 1 aromatic heterocycles. The number of piperazine rings is 1. The Morgan fingerprint density at radius 1 is 1.24 bits per heavy atom. The molecular weight excluding hydrogens is 231 g/mol. The van der Waals surface area contributed by atoms with Crippen LogP contribution in [0.4, 0.5) is 19.0 Å². The number of nitrogens with one attached hydrogen (secondary N) is 1. The van der Waals surface area contributed by atoms with Crippen LogP contribution in [0.15, 0.2) is 18.3 Å². The Morgan fingerprint density at radius 2 is 1.94 bits per heavy atom. The fourth-order valence-electron chi connectivity index (χ4n) is 1.90. The maximum absolute atomic E-state index is 13.4. The number of halogens is 3. The highest BCUT2D eigenvalue weighted by Crippen LogP contribution is 2.31. The lowest BCUT2D eigenvalue weighted by Gasteiger charge is -2.30. The van der Waals surface area contributed by atoms with Crippen molar-refractivity contribution in [3.63, 3.8) is 0 Å². The number of alkyl halides is 3. The van der Waals surface area contributed by atoms with Crippen LogP contribution < -0.4 is 10.2 Å². The van der Waals surface area contributed by atoms with Crippen LogP contribution in [0.5, 0.6) is 0 Å². The van der Waals surface area contributed by atoms with Gasteiger partial charge in [0, 0.05) is 37.9 Å². The van der Waals surface area contributed by atoms with Crippen molar-refractivity contribution in [2.45, 2.75) is 12.6 Å². The first-order valence-corrected chi connectivity index (χ1v) is 5.53. The Hall–Kier alpha value is -1.30. The SMILES string of the molecule is FC(F)C(F)c1cccnc1N1CCNCC1. The van der Waals surface area contributed by atoms with Gasteiger partial charge in [0.05, 0.1) is 0 Å². The van der Waals surface area contributed by atoms with Crippen LogP contribution in [0, 0.1) is 0 Å². The molecule has 2 rings (SSSR count). The lowest BCUT2D eigenvalue weighted by molar-refractivity contribution is 0.0496. The molecule has 0 radical (unpaired) electrons. The Kier molecular flexibility index (Phi) is 3.83. The van der Waals surface area contributed by atoms with E-state index in [2.05, 4.69) is 10.3 Å². The molecule has 0 saturated carbocycles. The maximum Gasteiger partial charge on any atom is 0.273 e. The van der Waals surface area contributed by atoms with Crippen molar-refractivity contribution < 1.29 is 13.2 Å². The number of pyridine rings is 1. The van der Waals surface area contributed by atoms with Gasteiger partial charge in [0.2, 0.25) is 0 Å². The first-order valence-electron chi connectivity index (χ1n) is 5.53. The second-order valence-electron chi connectivity index (χ2n) is 3.89. The van der Waals surface area contributed by atoms with Crippen LogP contribution >= 0.6 is 0 Å². The van der Waals surface area contributed by atoms with Crippen LogP contribution in [0.2, 0.25) is 0 Å². The van der Waals surface area contributed by atoms with Crippen LogP contribution in [0.25, 0.3) is 0 Å². The van der Waals surface area contributed by atoms with Gasteiger partial charge < -0.3 is 10.2 Å². The summed E-state index contributed by atoms with van der Waals surface area (Å²) in [6, 6.07) is 2.86. The quantitative estimate of drug-likeness (QED) is 0.879. The zero-order valence-electron chi connectivity index (χ0n) is 9.24. The minimum Gasteiger partial charge on any atom is -0.354 e. The lowest BCUT2D eigenvalue weighted by Crippen LogP contribution is -2.44. The Balaban J connectivity index is 2.26. The molecule has 1 fully saturated rings. The number of hydrogen-bond acceptors (Lipinski definition) is 3. The summed E-state index contributed by atoms with van der Waals surface area (Å²) in [6.45, 7) is 2.81. The molecule has 1 N–H and O–H groups in total. The number of nitrogens with zero attached hydrogens (tertiary/aromatic N) is 2. The molecule has 1 unspecified atom stereocenters. The smallest absolute Gasteiger partial charge is 0.273 e. The molecule has 6 heteroatoms. The van der Waals surface area contributed by atoms with E-state index in [0.29, 0.717) is 18.9 Å². The van der Waals surface area contributed by atoms with Crippen LogP contribution in [0.3, 0.4) is 0 Å². The largest absolute Gasteiger partial charge is 0.354 e. The molecule has 94 valence electrons. The highest BCUT2D eigenvalue weighted by atomic mass is 19.3. The third-order valence-electron chi connectivity index (χ3n) is 2.75. The molecule has 0 amide bonds. The minimum absolute atomic E-state index is 0.0237. The van der Waals surface area contributed by atoms with Gasteiger partial charge in [0.15, 0.2) is 6.17 Å². The molecule has 1 aliphatic heterocycles. The van der Waals surface area contributed by atoms with Crippen molar-refractivity contribution in [3.05, 3.63) is 23.9 Å². The summed E-state index contributed by atoms with van der Waals surface area (Å²) in [7, 11) is 0. The van der Waals surface area contributed by atoms with E-state index in [0.717, 1.165) is 13.1 Å². The maximum atomic E-state index is 13.4. The Morgan fingerprint density at radius 3 is 2.59 bits per heavy atom. The van der Waals surface area contributed by atoms with Gasteiger partial charge in [-0.3, -0.25) is 0 Å². The molecule has 0 bridgehead atoms. The van der Waals surface area contributed by atoms with Crippen LogP contribution in [-0.2, 0) is 0 Å². The number of anilines is 1. The standard InChI is InChI=1S/C11H14F3N3/c12-9(10(13)14)8-2-1-3-16-11(8)17-6-4-15-5-7-17/h1-3,9-10,15H,4-7H2. The van der Waals surface area contributed by atoms with Crippen LogP contribution in [-0.4, -0.2) is 37.6 Å². The van der Waals surface area contributed by atoms with Gasteiger partial charge in [-0.15, -0.1) is 0 Å². The van der Waals surface area contributed by atoms with Gasteiger partial charge in [0.25, 0.3) is 6.43 Å². The van der Waals surface area contributed by atoms with E-state index in [1.807, 2.05) is 4.90 Å². The van der Waals surface area contributed by atoms with Gasteiger partial charge in [-0.05, 0) is 6.07 Å². The molecule has 0 aromatic carbocycles. The third kappa shape index (κ3) is 2.69. The number of rotatable bonds is 3. The first-order chi connectivity index (χ1) is 8.20. The molecule has 1 aromatic rings. The molecule has 3 nitrogen and oxygen atoms in total. The van der Waals surface area contributed by atoms with E-state index in [-0.39, 0.29) is 5.56 Å². The zero-order valence-corrected chi connectivity index (χ0v) is 9.24. The normalized spacial score (nSPS) is 18.5. The molecule has 0 spiro atoms. The number of hydrogen-bond donors (Lipinski definition) is 1. The summed E-state index contributed by atoms with van der Waals surface area (Å²) < 4.78 is 38.3. The van der Waals surface area contributed by atoms with Crippen molar-refractivity contribution in [1.29, 1.82) is 0 Å². The monoisotopic (exact) mass is 245 g/mol. The van der Waals surface area contributed by atoms with E-state index in [4.69, 9.17) is 0 Å². The summed E-state index contributed by atoms with van der Waals surface area (Å²) in [6.07, 6.45) is -3.78. The van der Waals surface area contributed by atoms with E-state index in [9.17, 15) is 13.2 Å². The topological polar surface area (TPSA) is 28.2 Å². The van der Waals surface area contributed by atoms with Crippen molar-refractivity contribution >= 4 is 5.82 Å². The highest BCUT2D eigenvalue weighted by molar-refractivity contribution is 5.48. The molecule has 0 aliphatic carbocycles. The zero-order chi connectivity index (χ0) is 12.3. The molecule has 1 aliphatic rings. The van der Waals surface area contributed by atoms with Gasteiger partial charge in [0.1, 0.15) is 5.82 Å². The molecule has 1 atom stereocenters. The molecule has 2 heterocycles. The van der Waals surface area contributed by atoms with E-state index in [1.165, 1.54) is 18.3 Å². The second-order valence-corrected chi connectivity index (χ2v) is 3.89. The Labute approximate surface area is 97.6 Å². The first kappa shape index (κ1) is 12.2. The summed E-state index contributed by atoms with van der Waals surface area (Å²) in [4.78, 5) is 5.86. The average molecular weight is 245 g/mol. The summed E-state index contributed by atoms with van der Waals surface area (Å²) >= 11 is 0. The third-order valence-corrected chi connectivity index (χ3v) is 2.75. The van der Waals surface area contributed by atoms with Crippen molar-refractivity contribution in [2.24, 2.45) is 0 Å². The van der Waals surface area contributed by atoms with E-state index in [1.54, 1.807) is 0 Å². The van der Waals surface area contributed by atoms with Gasteiger partial charge >= 0.3 is 0 Å².